The average Bonchev–Trinajstić information content (AvgIpc) is 3.14. The summed E-state index contributed by atoms with van der Waals surface area (Å²) in [6.45, 7) is 4.32. The Balaban J connectivity index is 1.41. The highest BCUT2D eigenvalue weighted by atomic mass is 32.2. The van der Waals surface area contributed by atoms with E-state index in [1.54, 1.807) is 0 Å². The molecule has 0 unspecified atom stereocenters. The van der Waals surface area contributed by atoms with Gasteiger partial charge in [0.25, 0.3) is 0 Å². The van der Waals surface area contributed by atoms with Crippen molar-refractivity contribution in [2.24, 2.45) is 11.3 Å². The highest BCUT2D eigenvalue weighted by Gasteiger charge is 2.35. The lowest BCUT2D eigenvalue weighted by Crippen LogP contribution is -2.41. The topological polar surface area (TPSA) is 131 Å². The molecule has 1 aromatic heterocycles. The first kappa shape index (κ1) is 25.0. The van der Waals surface area contributed by atoms with Gasteiger partial charge >= 0.3 is 0 Å². The summed E-state index contributed by atoms with van der Waals surface area (Å²) in [5, 5.41) is 3.20. The van der Waals surface area contributed by atoms with E-state index in [2.05, 4.69) is 10.3 Å². The molecule has 1 aliphatic carbocycles. The van der Waals surface area contributed by atoms with Gasteiger partial charge in [0.2, 0.25) is 15.9 Å². The summed E-state index contributed by atoms with van der Waals surface area (Å²) in [6.07, 6.45) is 2.81. The van der Waals surface area contributed by atoms with Crippen molar-refractivity contribution in [3.05, 3.63) is 34.8 Å². The number of fused-ring (bicyclic) bond motifs is 1. The Labute approximate surface area is 203 Å². The maximum absolute atomic E-state index is 13.0. The average molecular weight is 526 g/mol. The number of Topliss-reactive ketones (excluding diaryl/α,β-unsaturated/α-hetero) is 1. The predicted molar refractivity (Wildman–Crippen MR) is 128 cm³/mol. The molecule has 0 bridgehead atoms. The SMILES string of the molecule is CC1(C)CC(=O)c2sc(NC(=O)C3CCN(S(=O)(=O)c4cccc(S(C)(=O)=O)c4)CC3)nc2C1. The van der Waals surface area contributed by atoms with E-state index in [-0.39, 0.29) is 45.9 Å². The van der Waals surface area contributed by atoms with Crippen molar-refractivity contribution in [3.8, 4) is 0 Å². The van der Waals surface area contributed by atoms with Gasteiger partial charge in [-0.25, -0.2) is 21.8 Å². The maximum Gasteiger partial charge on any atom is 0.243 e. The third kappa shape index (κ3) is 5.09. The van der Waals surface area contributed by atoms with Crippen molar-refractivity contribution in [3.63, 3.8) is 0 Å². The molecule has 0 radical (unpaired) electrons. The number of nitrogens with zero attached hydrogens (tertiary/aromatic N) is 2. The van der Waals surface area contributed by atoms with Gasteiger partial charge in [0.1, 0.15) is 0 Å². The number of benzene rings is 1. The van der Waals surface area contributed by atoms with Crippen LogP contribution in [0.25, 0.3) is 0 Å². The molecule has 9 nitrogen and oxygen atoms in total. The largest absolute Gasteiger partial charge is 0.302 e. The monoisotopic (exact) mass is 525 g/mol. The van der Waals surface area contributed by atoms with Crippen molar-refractivity contribution in [1.29, 1.82) is 0 Å². The van der Waals surface area contributed by atoms with E-state index in [0.717, 1.165) is 18.0 Å². The molecule has 2 heterocycles. The van der Waals surface area contributed by atoms with Gasteiger partial charge in [-0.3, -0.25) is 9.59 Å². The van der Waals surface area contributed by atoms with Gasteiger partial charge in [0.05, 0.1) is 20.4 Å². The lowest BCUT2D eigenvalue weighted by molar-refractivity contribution is -0.120. The van der Waals surface area contributed by atoms with Crippen molar-refractivity contribution >= 4 is 48.0 Å². The lowest BCUT2D eigenvalue weighted by atomic mass is 9.78. The van der Waals surface area contributed by atoms with E-state index in [9.17, 15) is 26.4 Å². The summed E-state index contributed by atoms with van der Waals surface area (Å²) in [7, 11) is -7.42. The predicted octanol–water partition coefficient (Wildman–Crippen LogP) is 2.74. The van der Waals surface area contributed by atoms with Gasteiger partial charge < -0.3 is 5.32 Å². The van der Waals surface area contributed by atoms with Crippen molar-refractivity contribution in [2.75, 3.05) is 24.7 Å². The second-order valence-electron chi connectivity index (χ2n) is 9.65. The Morgan fingerprint density at radius 2 is 1.76 bits per heavy atom. The molecule has 1 N–H and O–H groups in total. The van der Waals surface area contributed by atoms with E-state index in [0.29, 0.717) is 35.7 Å². The van der Waals surface area contributed by atoms with Gasteiger partial charge in [-0.2, -0.15) is 4.31 Å². The van der Waals surface area contributed by atoms with Crippen LogP contribution in [0, 0.1) is 11.3 Å². The summed E-state index contributed by atoms with van der Waals surface area (Å²) >= 11 is 1.19. The minimum atomic E-state index is -3.88. The van der Waals surface area contributed by atoms with Crippen LogP contribution in [0.2, 0.25) is 0 Å². The van der Waals surface area contributed by atoms with Crippen molar-refractivity contribution in [2.45, 2.75) is 49.3 Å². The van der Waals surface area contributed by atoms with Crippen molar-refractivity contribution in [1.82, 2.24) is 9.29 Å². The number of carbonyl (C=O) groups is 2. The molecular weight excluding hydrogens is 498 g/mol. The van der Waals surface area contributed by atoms with Crippen LogP contribution in [-0.2, 0) is 31.1 Å². The quantitative estimate of drug-likeness (QED) is 0.635. The molecule has 1 amide bonds. The summed E-state index contributed by atoms with van der Waals surface area (Å²) in [6, 6.07) is 5.30. The molecule has 184 valence electrons. The van der Waals surface area contributed by atoms with E-state index < -0.39 is 19.9 Å². The van der Waals surface area contributed by atoms with Crippen LogP contribution in [0.15, 0.2) is 34.1 Å². The highest BCUT2D eigenvalue weighted by Crippen LogP contribution is 2.38. The van der Waals surface area contributed by atoms with Crippen LogP contribution in [-0.4, -0.2) is 57.2 Å². The molecule has 0 saturated carbocycles. The van der Waals surface area contributed by atoms with E-state index in [4.69, 9.17) is 0 Å². The first-order valence-electron chi connectivity index (χ1n) is 10.9. The molecule has 1 fully saturated rings. The lowest BCUT2D eigenvalue weighted by Gasteiger charge is -2.30. The molecule has 4 rings (SSSR count). The summed E-state index contributed by atoms with van der Waals surface area (Å²) in [4.78, 5) is 30.1. The summed E-state index contributed by atoms with van der Waals surface area (Å²) in [5.41, 5.74) is 0.567. The fourth-order valence-corrected chi connectivity index (χ4v) is 7.53. The van der Waals surface area contributed by atoms with Crippen LogP contribution in [0.4, 0.5) is 5.13 Å². The number of nitrogens with one attached hydrogen (secondary N) is 1. The molecule has 12 heteroatoms. The Morgan fingerprint density at radius 3 is 2.41 bits per heavy atom. The number of sulfonamides is 1. The molecule has 0 spiro atoms. The molecule has 1 saturated heterocycles. The zero-order chi connectivity index (χ0) is 24.9. The first-order chi connectivity index (χ1) is 15.8. The van der Waals surface area contributed by atoms with E-state index in [1.165, 1.54) is 33.8 Å². The van der Waals surface area contributed by atoms with Crippen molar-refractivity contribution < 1.29 is 26.4 Å². The van der Waals surface area contributed by atoms with Gasteiger partial charge in [-0.1, -0.05) is 31.3 Å². The molecule has 34 heavy (non-hydrogen) atoms. The van der Waals surface area contributed by atoms with Gasteiger partial charge in [0, 0.05) is 31.7 Å². The number of thiazole rings is 1. The molecule has 2 aliphatic rings. The van der Waals surface area contributed by atoms with E-state index in [1.807, 2.05) is 13.8 Å². The standard InChI is InChI=1S/C22H27N3O6S3/c1-22(2)12-17-19(18(26)13-22)32-21(23-17)24-20(27)14-7-9-25(10-8-14)34(30,31)16-6-4-5-15(11-16)33(3,28)29/h4-6,11,14H,7-10,12-13H2,1-3H3,(H,23,24,27). The third-order valence-corrected chi connectivity index (χ3v) is 10.2. The first-order valence-corrected chi connectivity index (χ1v) is 15.1. The number of piperidine rings is 1. The van der Waals surface area contributed by atoms with Crippen LogP contribution in [0.5, 0.6) is 0 Å². The fraction of sp³-hybridized carbons (Fsp3) is 0.500. The highest BCUT2D eigenvalue weighted by molar-refractivity contribution is 7.91. The number of sulfone groups is 1. The van der Waals surface area contributed by atoms with Crippen LogP contribution in [0.1, 0.15) is 48.5 Å². The van der Waals surface area contributed by atoms with Crippen LogP contribution in [0.3, 0.4) is 0 Å². The molecule has 1 aromatic carbocycles. The zero-order valence-electron chi connectivity index (χ0n) is 19.2. The molecular formula is C22H27N3O6S3. The smallest absolute Gasteiger partial charge is 0.243 e. The molecule has 0 atom stereocenters. The summed E-state index contributed by atoms with van der Waals surface area (Å²) in [5.74, 6) is -0.585. The second-order valence-corrected chi connectivity index (χ2v) is 14.6. The second kappa shape index (κ2) is 8.81. The number of hydrogen-bond donors (Lipinski definition) is 1. The van der Waals surface area contributed by atoms with Gasteiger partial charge in [-0.05, 0) is 42.9 Å². The maximum atomic E-state index is 13.0. The number of hydrogen-bond acceptors (Lipinski definition) is 8. The normalized spacial score (nSPS) is 19.6. The molecule has 1 aliphatic heterocycles. The Bertz CT molecular complexity index is 1350. The Morgan fingerprint density at radius 1 is 1.12 bits per heavy atom. The Hall–Kier alpha value is -2.15. The number of rotatable bonds is 5. The number of aromatic nitrogens is 1. The fourth-order valence-electron chi connectivity index (χ4n) is 4.35. The number of amides is 1. The Kier molecular flexibility index (Phi) is 6.47. The minimum absolute atomic E-state index is 0.0442. The number of carbonyl (C=O) groups excluding carboxylic acids is 2. The minimum Gasteiger partial charge on any atom is -0.302 e. The third-order valence-electron chi connectivity index (χ3n) is 6.16. The molecule has 2 aromatic rings. The zero-order valence-corrected chi connectivity index (χ0v) is 21.6. The van der Waals surface area contributed by atoms with Gasteiger partial charge in [0.15, 0.2) is 20.8 Å². The van der Waals surface area contributed by atoms with Crippen LogP contribution < -0.4 is 5.32 Å². The number of ketones is 1. The number of anilines is 1. The van der Waals surface area contributed by atoms with Crippen LogP contribution >= 0.6 is 11.3 Å². The van der Waals surface area contributed by atoms with E-state index >= 15 is 0 Å². The van der Waals surface area contributed by atoms with Gasteiger partial charge in [-0.15, -0.1) is 0 Å². The summed E-state index contributed by atoms with van der Waals surface area (Å²) < 4.78 is 50.9.